The van der Waals surface area contributed by atoms with Crippen molar-refractivity contribution in [1.29, 1.82) is 0 Å². The van der Waals surface area contributed by atoms with E-state index in [1.807, 2.05) is 0 Å². The van der Waals surface area contributed by atoms with Crippen LogP contribution in [0, 0.1) is 17.8 Å². The van der Waals surface area contributed by atoms with Crippen molar-refractivity contribution in [1.82, 2.24) is 0 Å². The molecule has 1 atom stereocenters. The highest BCUT2D eigenvalue weighted by atomic mass is 16.5. The van der Waals surface area contributed by atoms with Crippen molar-refractivity contribution in [3.8, 4) is 0 Å². The van der Waals surface area contributed by atoms with Crippen molar-refractivity contribution in [2.75, 3.05) is 6.61 Å². The molecule has 0 aromatic heterocycles. The number of esters is 1. The van der Waals surface area contributed by atoms with Crippen LogP contribution in [0.5, 0.6) is 0 Å². The number of unbranched alkanes of at least 4 members (excludes halogenated alkanes) is 28. The van der Waals surface area contributed by atoms with E-state index in [0.717, 1.165) is 11.8 Å². The van der Waals surface area contributed by atoms with Crippen LogP contribution in [-0.2, 0) is 9.53 Å². The van der Waals surface area contributed by atoms with Crippen molar-refractivity contribution in [3.63, 3.8) is 0 Å². The van der Waals surface area contributed by atoms with Gasteiger partial charge in [-0.15, -0.1) is 0 Å². The Labute approximate surface area is 304 Å². The summed E-state index contributed by atoms with van der Waals surface area (Å²) < 4.78 is 5.60. The highest BCUT2D eigenvalue weighted by Crippen LogP contribution is 2.21. The van der Waals surface area contributed by atoms with E-state index in [9.17, 15) is 4.79 Å². The van der Waals surface area contributed by atoms with Gasteiger partial charge in [-0.3, -0.25) is 0 Å². The van der Waals surface area contributed by atoms with Gasteiger partial charge in [0.2, 0.25) is 0 Å². The van der Waals surface area contributed by atoms with Gasteiger partial charge < -0.3 is 4.74 Å². The Morgan fingerprint density at radius 3 is 0.812 bits per heavy atom. The Morgan fingerprint density at radius 1 is 0.396 bits per heavy atom. The van der Waals surface area contributed by atoms with Gasteiger partial charge in [0.05, 0.1) is 6.61 Å². The van der Waals surface area contributed by atoms with Crippen LogP contribution in [0.2, 0.25) is 0 Å². The Balaban J connectivity index is 3.70. The average Bonchev–Trinajstić information content (AvgIpc) is 3.05. The Morgan fingerprint density at radius 2 is 0.604 bits per heavy atom. The molecule has 0 bridgehead atoms. The lowest BCUT2D eigenvalue weighted by atomic mass is 9.94. The molecule has 0 spiro atoms. The third-order valence-electron chi connectivity index (χ3n) is 10.6. The molecule has 286 valence electrons. The molecule has 0 aliphatic rings. The van der Waals surface area contributed by atoms with Crippen LogP contribution in [0.1, 0.15) is 253 Å². The quantitative estimate of drug-likeness (QED) is 0.0368. The second kappa shape index (κ2) is 37.5. The standard InChI is InChI=1S/C46H90O2/c1-42(2)37-33-29-25-21-17-13-9-7-8-10-15-19-23-27-31-35-39-45(41-48-46(47)44(5)6)40-36-32-28-24-20-16-12-11-14-18-22-26-30-34-38-43(3)4/h42-43,45H,5,7-41H2,1-4,6H3. The van der Waals surface area contributed by atoms with Crippen molar-refractivity contribution < 1.29 is 9.53 Å². The molecule has 1 unspecified atom stereocenters. The summed E-state index contributed by atoms with van der Waals surface area (Å²) >= 11 is 0. The van der Waals surface area contributed by atoms with E-state index in [1.165, 1.54) is 218 Å². The molecule has 0 aromatic carbocycles. The summed E-state index contributed by atoms with van der Waals surface area (Å²) in [6, 6.07) is 0. The minimum atomic E-state index is -0.214. The molecule has 0 aliphatic carbocycles. The normalized spacial score (nSPS) is 12.3. The van der Waals surface area contributed by atoms with Crippen LogP contribution in [-0.4, -0.2) is 12.6 Å². The summed E-state index contributed by atoms with van der Waals surface area (Å²) in [5.41, 5.74) is 0.522. The lowest BCUT2D eigenvalue weighted by Crippen LogP contribution is -2.15. The summed E-state index contributed by atoms with van der Waals surface area (Å²) in [5.74, 6) is 2.06. The van der Waals surface area contributed by atoms with Crippen molar-refractivity contribution >= 4 is 5.97 Å². The summed E-state index contributed by atoms with van der Waals surface area (Å²) in [4.78, 5) is 12.0. The monoisotopic (exact) mass is 675 g/mol. The topological polar surface area (TPSA) is 26.3 Å². The predicted molar refractivity (Wildman–Crippen MR) is 216 cm³/mol. The van der Waals surface area contributed by atoms with Crippen LogP contribution >= 0.6 is 0 Å². The molecular formula is C46H90O2. The minimum Gasteiger partial charge on any atom is -0.462 e. The van der Waals surface area contributed by atoms with Gasteiger partial charge in [0.15, 0.2) is 0 Å². The van der Waals surface area contributed by atoms with Gasteiger partial charge >= 0.3 is 5.97 Å². The van der Waals surface area contributed by atoms with Crippen molar-refractivity contribution in [2.24, 2.45) is 17.8 Å². The number of hydrogen-bond donors (Lipinski definition) is 0. The summed E-state index contributed by atoms with van der Waals surface area (Å²) in [6.07, 6.45) is 47.7. The first kappa shape index (κ1) is 47.2. The zero-order valence-electron chi connectivity index (χ0n) is 34.0. The highest BCUT2D eigenvalue weighted by Gasteiger charge is 2.12. The van der Waals surface area contributed by atoms with E-state index in [-0.39, 0.29) is 5.97 Å². The first-order chi connectivity index (χ1) is 23.3. The molecule has 0 amide bonds. The number of hydrogen-bond acceptors (Lipinski definition) is 2. The van der Waals surface area contributed by atoms with Crippen LogP contribution < -0.4 is 0 Å². The lowest BCUT2D eigenvalue weighted by molar-refractivity contribution is -0.140. The number of rotatable bonds is 39. The summed E-state index contributed by atoms with van der Waals surface area (Å²) in [5, 5.41) is 0. The molecule has 0 radical (unpaired) electrons. The van der Waals surface area contributed by atoms with Gasteiger partial charge in [-0.2, -0.15) is 0 Å². The van der Waals surface area contributed by atoms with Crippen molar-refractivity contribution in [3.05, 3.63) is 12.2 Å². The fraction of sp³-hybridized carbons (Fsp3) is 0.935. The van der Waals surface area contributed by atoms with E-state index >= 15 is 0 Å². The molecule has 0 fully saturated rings. The van der Waals surface area contributed by atoms with E-state index in [4.69, 9.17) is 4.74 Å². The maximum Gasteiger partial charge on any atom is 0.333 e. The largest absolute Gasteiger partial charge is 0.462 e. The van der Waals surface area contributed by atoms with E-state index < -0.39 is 0 Å². The predicted octanol–water partition coefficient (Wildman–Crippen LogP) is 16.3. The third kappa shape index (κ3) is 38.0. The van der Waals surface area contributed by atoms with Crippen LogP contribution in [0.15, 0.2) is 12.2 Å². The molecule has 2 nitrogen and oxygen atoms in total. The lowest BCUT2D eigenvalue weighted by Gasteiger charge is -2.17. The SMILES string of the molecule is C=C(C)C(=O)OCC(CCCCCCCCCCCCCCCCCCC(C)C)CCCCCCCCCCCCCCCCC(C)C. The van der Waals surface area contributed by atoms with Gasteiger partial charge in [-0.1, -0.05) is 240 Å². The first-order valence-corrected chi connectivity index (χ1v) is 22.2. The first-order valence-electron chi connectivity index (χ1n) is 22.2. The zero-order chi connectivity index (χ0) is 35.3. The maximum atomic E-state index is 12.0. The van der Waals surface area contributed by atoms with Gasteiger partial charge in [0.25, 0.3) is 0 Å². The molecule has 0 aromatic rings. The van der Waals surface area contributed by atoms with Crippen LogP contribution in [0.25, 0.3) is 0 Å². The van der Waals surface area contributed by atoms with Gasteiger partial charge in [-0.05, 0) is 37.5 Å². The second-order valence-electron chi connectivity index (χ2n) is 16.8. The fourth-order valence-electron chi connectivity index (χ4n) is 7.20. The van der Waals surface area contributed by atoms with E-state index in [2.05, 4.69) is 34.3 Å². The summed E-state index contributed by atoms with van der Waals surface area (Å²) in [6.45, 7) is 15.5. The smallest absolute Gasteiger partial charge is 0.333 e. The second-order valence-corrected chi connectivity index (χ2v) is 16.8. The molecule has 0 N–H and O–H groups in total. The molecular weight excluding hydrogens is 585 g/mol. The van der Waals surface area contributed by atoms with Gasteiger partial charge in [0.1, 0.15) is 0 Å². The summed E-state index contributed by atoms with van der Waals surface area (Å²) in [7, 11) is 0. The van der Waals surface area contributed by atoms with Gasteiger partial charge in [-0.25, -0.2) is 4.79 Å². The van der Waals surface area contributed by atoms with E-state index in [0.29, 0.717) is 18.1 Å². The Bertz CT molecular complexity index is 665. The molecule has 0 saturated carbocycles. The van der Waals surface area contributed by atoms with Crippen LogP contribution in [0.3, 0.4) is 0 Å². The van der Waals surface area contributed by atoms with Crippen LogP contribution in [0.4, 0.5) is 0 Å². The number of carbonyl (C=O) groups excluding carboxylic acids is 1. The average molecular weight is 675 g/mol. The minimum absolute atomic E-state index is 0.214. The van der Waals surface area contributed by atoms with E-state index in [1.54, 1.807) is 6.92 Å². The molecule has 48 heavy (non-hydrogen) atoms. The maximum absolute atomic E-state index is 12.0. The molecule has 0 saturated heterocycles. The molecule has 2 heteroatoms. The van der Waals surface area contributed by atoms with Crippen molar-refractivity contribution in [2.45, 2.75) is 253 Å². The molecule has 0 heterocycles. The number of carbonyl (C=O) groups is 1. The third-order valence-corrected chi connectivity index (χ3v) is 10.6. The Hall–Kier alpha value is -0.790. The molecule has 0 aliphatic heterocycles. The molecule has 0 rings (SSSR count). The van der Waals surface area contributed by atoms with Gasteiger partial charge in [0, 0.05) is 5.57 Å². The highest BCUT2D eigenvalue weighted by molar-refractivity contribution is 5.86. The zero-order valence-corrected chi connectivity index (χ0v) is 34.0. The Kier molecular flexibility index (Phi) is 36.8. The fourth-order valence-corrected chi connectivity index (χ4v) is 7.20. The number of ether oxygens (including phenoxy) is 1.